The summed E-state index contributed by atoms with van der Waals surface area (Å²) in [7, 11) is 4.83. The van der Waals surface area contributed by atoms with E-state index < -0.39 is 17.0 Å². The molecule has 9 heteroatoms. The van der Waals surface area contributed by atoms with Crippen LogP contribution in [-0.4, -0.2) is 62.0 Å². The molecule has 2 aromatic carbocycles. The van der Waals surface area contributed by atoms with E-state index >= 15 is 0 Å². The van der Waals surface area contributed by atoms with Crippen molar-refractivity contribution >= 4 is 5.91 Å². The summed E-state index contributed by atoms with van der Waals surface area (Å²) >= 11 is 0. The minimum atomic E-state index is -1.39. The predicted octanol–water partition coefficient (Wildman–Crippen LogP) is 4.84. The first-order valence-corrected chi connectivity index (χ1v) is 15.0. The third-order valence-electron chi connectivity index (χ3n) is 11.2. The maximum atomic E-state index is 13.7. The summed E-state index contributed by atoms with van der Waals surface area (Å²) in [6.07, 6.45) is 4.58. The van der Waals surface area contributed by atoms with Gasteiger partial charge in [-0.25, -0.2) is 0 Å². The first-order valence-electron chi connectivity index (χ1n) is 15.0. The van der Waals surface area contributed by atoms with Crippen LogP contribution in [-0.2, 0) is 29.0 Å². The third kappa shape index (κ3) is 3.62. The van der Waals surface area contributed by atoms with Gasteiger partial charge in [-0.3, -0.25) is 4.79 Å². The molecule has 4 atom stereocenters. The van der Waals surface area contributed by atoms with Crippen molar-refractivity contribution in [3.8, 4) is 23.0 Å². The number of methoxy groups -OCH3 is 3. The van der Waals surface area contributed by atoms with Crippen LogP contribution in [0.5, 0.6) is 23.0 Å². The Morgan fingerprint density at radius 3 is 2.38 bits per heavy atom. The molecule has 1 saturated heterocycles. The van der Waals surface area contributed by atoms with Crippen molar-refractivity contribution in [3.05, 3.63) is 46.5 Å². The summed E-state index contributed by atoms with van der Waals surface area (Å²) in [5.41, 5.74) is 2.36. The van der Waals surface area contributed by atoms with E-state index in [1.165, 1.54) is 0 Å². The van der Waals surface area contributed by atoms with Crippen LogP contribution >= 0.6 is 0 Å². The average Bonchev–Trinajstić information content (AvgIpc) is 3.59. The number of rotatable bonds is 5. The van der Waals surface area contributed by atoms with Crippen molar-refractivity contribution < 1.29 is 38.3 Å². The highest BCUT2D eigenvalue weighted by molar-refractivity contribution is 6.00. The van der Waals surface area contributed by atoms with Gasteiger partial charge in [-0.05, 0) is 55.4 Å². The molecule has 1 amide bonds. The molecule has 5 aliphatic rings. The van der Waals surface area contributed by atoms with Gasteiger partial charge in [0.25, 0.3) is 5.91 Å². The van der Waals surface area contributed by atoms with Crippen LogP contribution in [0, 0.1) is 16.7 Å². The normalized spacial score (nSPS) is 32.5. The summed E-state index contributed by atoms with van der Waals surface area (Å²) in [6.45, 7) is 6.44. The summed E-state index contributed by atoms with van der Waals surface area (Å²) in [5.74, 6) is 0.496. The molecule has 1 N–H and O–H groups in total. The largest absolute Gasteiger partial charge is 0.496 e. The monoisotopic (exact) mass is 579 g/mol. The molecule has 0 aromatic heterocycles. The number of amides is 1. The molecule has 2 aliphatic carbocycles. The van der Waals surface area contributed by atoms with Gasteiger partial charge in [0, 0.05) is 41.3 Å². The van der Waals surface area contributed by atoms with E-state index in [4.69, 9.17) is 28.4 Å². The molecule has 0 bridgehead atoms. The number of ether oxygens (including phenoxy) is 6. The summed E-state index contributed by atoms with van der Waals surface area (Å²) < 4.78 is 36.2. The third-order valence-corrected chi connectivity index (χ3v) is 11.2. The molecule has 3 heterocycles. The molecule has 3 fully saturated rings. The van der Waals surface area contributed by atoms with Gasteiger partial charge in [0.05, 0.1) is 46.7 Å². The molecule has 1 spiro atoms. The highest BCUT2D eigenvalue weighted by Gasteiger charge is 2.71. The van der Waals surface area contributed by atoms with Crippen molar-refractivity contribution in [1.29, 1.82) is 0 Å². The number of benzene rings is 2. The smallest absolute Gasteiger partial charge is 0.255 e. The van der Waals surface area contributed by atoms with Crippen molar-refractivity contribution in [2.24, 2.45) is 16.7 Å². The highest BCUT2D eigenvalue weighted by atomic mass is 16.7. The number of fused-ring (bicyclic) bond motifs is 7. The Hall–Kier alpha value is -3.01. The number of nitrogens with zero attached hydrogens (tertiary/aromatic N) is 1. The van der Waals surface area contributed by atoms with E-state index in [0.29, 0.717) is 67.7 Å². The zero-order valence-corrected chi connectivity index (χ0v) is 25.2. The van der Waals surface area contributed by atoms with Gasteiger partial charge in [0.2, 0.25) is 5.79 Å². The standard InChI is InChI=1S/C33H41NO8/c1-30-11-12-32(36)31(2,27(30)7-6-10-33(30)40-13-14-41-33)17-22-25(38-4)16-21-23(28(22)42-32)19-34(29(21)35)18-20-8-9-24(37-3)26(15-20)39-5/h8-9,15-16,27,36H,6-7,10-14,17-19H2,1-5H3/t27-,30+,31+,32-/m1/s1. The second-order valence-corrected chi connectivity index (χ2v) is 13.1. The second kappa shape index (κ2) is 9.49. The van der Waals surface area contributed by atoms with Crippen LogP contribution < -0.4 is 18.9 Å². The van der Waals surface area contributed by atoms with Crippen LogP contribution in [0.25, 0.3) is 0 Å². The lowest BCUT2D eigenvalue weighted by Gasteiger charge is -2.65. The summed E-state index contributed by atoms with van der Waals surface area (Å²) in [5, 5.41) is 12.4. The molecule has 2 saturated carbocycles. The minimum Gasteiger partial charge on any atom is -0.496 e. The van der Waals surface area contributed by atoms with Crippen LogP contribution in [0.3, 0.4) is 0 Å². The summed E-state index contributed by atoms with van der Waals surface area (Å²) in [6, 6.07) is 7.53. The second-order valence-electron chi connectivity index (χ2n) is 13.1. The van der Waals surface area contributed by atoms with Gasteiger partial charge in [-0.1, -0.05) is 19.9 Å². The zero-order valence-electron chi connectivity index (χ0n) is 25.2. The molecular formula is C33H41NO8. The lowest BCUT2D eigenvalue weighted by Crippen LogP contribution is -2.70. The number of carbonyl (C=O) groups excluding carboxylic acids is 1. The maximum Gasteiger partial charge on any atom is 0.255 e. The van der Waals surface area contributed by atoms with Crippen molar-refractivity contribution in [1.82, 2.24) is 4.90 Å². The van der Waals surface area contributed by atoms with E-state index in [9.17, 15) is 9.90 Å². The van der Waals surface area contributed by atoms with Gasteiger partial charge >= 0.3 is 0 Å². The van der Waals surface area contributed by atoms with Crippen LogP contribution in [0.2, 0.25) is 0 Å². The minimum absolute atomic E-state index is 0.0919. The number of hydrogen-bond donors (Lipinski definition) is 1. The summed E-state index contributed by atoms with van der Waals surface area (Å²) in [4.78, 5) is 15.5. The Morgan fingerprint density at radius 2 is 1.67 bits per heavy atom. The molecule has 7 rings (SSSR count). The van der Waals surface area contributed by atoms with Crippen LogP contribution in [0.4, 0.5) is 0 Å². The first kappa shape index (κ1) is 27.8. The van der Waals surface area contributed by atoms with Crippen molar-refractivity contribution in [3.63, 3.8) is 0 Å². The SMILES string of the molecule is COc1ccc(CN2Cc3c(cc(OC)c4c3O[C@]3(O)CC[C@@]5(C)[C@@H](CCCC56OCCO6)[C@]3(C)C4)C2=O)cc1OC. The van der Waals surface area contributed by atoms with Crippen molar-refractivity contribution in [2.45, 2.75) is 77.0 Å². The Balaban J connectivity index is 1.25. The molecule has 0 radical (unpaired) electrons. The van der Waals surface area contributed by atoms with Crippen molar-refractivity contribution in [2.75, 3.05) is 34.5 Å². The molecule has 0 unspecified atom stereocenters. The maximum absolute atomic E-state index is 13.7. The van der Waals surface area contributed by atoms with Gasteiger partial charge in [-0.2, -0.15) is 0 Å². The highest BCUT2D eigenvalue weighted by Crippen LogP contribution is 2.69. The van der Waals surface area contributed by atoms with Gasteiger partial charge < -0.3 is 38.4 Å². The van der Waals surface area contributed by atoms with E-state index in [0.717, 1.165) is 42.4 Å². The zero-order chi connectivity index (χ0) is 29.5. The number of aliphatic hydroxyl groups is 1. The van der Waals surface area contributed by atoms with Crippen LogP contribution in [0.1, 0.15) is 73.0 Å². The Morgan fingerprint density at radius 1 is 0.929 bits per heavy atom. The molecule has 9 nitrogen and oxygen atoms in total. The number of hydrogen-bond acceptors (Lipinski definition) is 8. The fourth-order valence-corrected chi connectivity index (χ4v) is 8.98. The van der Waals surface area contributed by atoms with E-state index in [1.807, 2.05) is 24.3 Å². The Kier molecular flexibility index (Phi) is 6.28. The Labute approximate surface area is 247 Å². The fraction of sp³-hybridized carbons (Fsp3) is 0.606. The molecule has 2 aromatic rings. The molecule has 42 heavy (non-hydrogen) atoms. The van der Waals surface area contributed by atoms with Crippen LogP contribution in [0.15, 0.2) is 24.3 Å². The first-order chi connectivity index (χ1) is 20.1. The number of carbonyl (C=O) groups is 1. The molecule has 226 valence electrons. The Bertz CT molecular complexity index is 1440. The van der Waals surface area contributed by atoms with Gasteiger partial charge in [0.15, 0.2) is 17.3 Å². The van der Waals surface area contributed by atoms with Gasteiger partial charge in [-0.15, -0.1) is 0 Å². The average molecular weight is 580 g/mol. The quantitative estimate of drug-likeness (QED) is 0.538. The molecular weight excluding hydrogens is 538 g/mol. The van der Waals surface area contributed by atoms with E-state index in [2.05, 4.69) is 13.8 Å². The predicted molar refractivity (Wildman–Crippen MR) is 153 cm³/mol. The van der Waals surface area contributed by atoms with Gasteiger partial charge in [0.1, 0.15) is 11.5 Å². The van der Waals surface area contributed by atoms with E-state index in [1.54, 1.807) is 26.2 Å². The van der Waals surface area contributed by atoms with E-state index in [-0.39, 0.29) is 17.2 Å². The fourth-order valence-electron chi connectivity index (χ4n) is 8.98. The lowest BCUT2D eigenvalue weighted by atomic mass is 9.45. The molecule has 3 aliphatic heterocycles. The topological polar surface area (TPSA) is 95.9 Å². The lowest BCUT2D eigenvalue weighted by molar-refractivity contribution is -0.349.